The molecule has 0 spiro atoms. The molecule has 0 bridgehead atoms. The van der Waals surface area contributed by atoms with Gasteiger partial charge in [0.1, 0.15) is 0 Å². The van der Waals surface area contributed by atoms with Crippen LogP contribution in [0.25, 0.3) is 32.3 Å². The minimum atomic E-state index is -2.00. The largest absolute Gasteiger partial charge is 0.495 e. The van der Waals surface area contributed by atoms with Crippen LogP contribution in [0, 0.1) is 10.1 Å². The van der Waals surface area contributed by atoms with Crippen LogP contribution in [0.3, 0.4) is 0 Å². The third-order valence-corrected chi connectivity index (χ3v) is 5.83. The van der Waals surface area contributed by atoms with E-state index in [0.717, 1.165) is 38.6 Å². The van der Waals surface area contributed by atoms with Crippen LogP contribution in [0.15, 0.2) is 72.8 Å². The minimum absolute atomic E-state index is 0.0683. The third kappa shape index (κ3) is 3.22. The Hall–Kier alpha value is -4.01. The molecule has 0 saturated heterocycles. The van der Waals surface area contributed by atoms with Crippen molar-refractivity contribution < 1.29 is 19.8 Å². The number of hydrogen-bond donors (Lipinski definition) is 3. The van der Waals surface area contributed by atoms with Gasteiger partial charge in [0.05, 0.1) is 10.4 Å². The molecule has 1 amide bonds. The SMILES string of the molecule is O=C(NCc1ccc2ccc3cccc4ccc1c2c34)c1ccc(B(O)O)c([N+](=O)[O-])c1. The summed E-state index contributed by atoms with van der Waals surface area (Å²) in [7, 11) is -2.00. The standard InChI is InChI=1S/C24H17BN2O5/c28-24(17-9-11-20(25(29)30)21(12-17)27(31)32)26-13-18-7-6-16-5-4-14-2-1-3-15-8-10-19(18)23(16)22(14)15/h1-12,29-30H,13H2,(H,26,28). The first-order valence-electron chi connectivity index (χ1n) is 10.0. The number of nitro groups is 1. The van der Waals surface area contributed by atoms with Crippen LogP contribution in [-0.2, 0) is 6.54 Å². The molecule has 5 rings (SSSR count). The van der Waals surface area contributed by atoms with Gasteiger partial charge in [0.2, 0.25) is 0 Å². The van der Waals surface area contributed by atoms with Gasteiger partial charge in [-0.05, 0) is 43.9 Å². The molecule has 5 aromatic rings. The maximum Gasteiger partial charge on any atom is 0.495 e. The average Bonchev–Trinajstić information content (AvgIpc) is 2.80. The van der Waals surface area contributed by atoms with Crippen molar-refractivity contribution in [1.29, 1.82) is 0 Å². The molecule has 0 atom stereocenters. The van der Waals surface area contributed by atoms with E-state index < -0.39 is 23.6 Å². The van der Waals surface area contributed by atoms with Crippen LogP contribution >= 0.6 is 0 Å². The van der Waals surface area contributed by atoms with Crippen LogP contribution in [0.1, 0.15) is 15.9 Å². The summed E-state index contributed by atoms with van der Waals surface area (Å²) in [6.07, 6.45) is 0. The Morgan fingerprint density at radius 1 is 0.906 bits per heavy atom. The summed E-state index contributed by atoms with van der Waals surface area (Å²) in [5.74, 6) is -0.488. The van der Waals surface area contributed by atoms with Gasteiger partial charge in [0.15, 0.2) is 0 Å². The average molecular weight is 424 g/mol. The number of nitro benzene ring substituents is 1. The van der Waals surface area contributed by atoms with E-state index in [-0.39, 0.29) is 17.6 Å². The Labute approximate surface area is 182 Å². The molecular weight excluding hydrogens is 407 g/mol. The van der Waals surface area contributed by atoms with Gasteiger partial charge in [-0.15, -0.1) is 0 Å². The van der Waals surface area contributed by atoms with Gasteiger partial charge in [-0.1, -0.05) is 60.7 Å². The van der Waals surface area contributed by atoms with E-state index in [1.807, 2.05) is 24.3 Å². The number of nitrogens with one attached hydrogen (secondary N) is 1. The Balaban J connectivity index is 1.48. The van der Waals surface area contributed by atoms with Crippen molar-refractivity contribution in [2.24, 2.45) is 0 Å². The topological polar surface area (TPSA) is 113 Å². The van der Waals surface area contributed by atoms with Crippen LogP contribution in [0.4, 0.5) is 5.69 Å². The first-order valence-corrected chi connectivity index (χ1v) is 10.0. The van der Waals surface area contributed by atoms with Crippen molar-refractivity contribution in [3.8, 4) is 0 Å². The van der Waals surface area contributed by atoms with E-state index in [1.165, 1.54) is 17.5 Å². The summed E-state index contributed by atoms with van der Waals surface area (Å²) in [5.41, 5.74) is 0.216. The molecule has 156 valence electrons. The van der Waals surface area contributed by atoms with Crippen molar-refractivity contribution in [3.05, 3.63) is 94.0 Å². The molecule has 5 aromatic carbocycles. The molecule has 32 heavy (non-hydrogen) atoms. The fourth-order valence-corrected chi connectivity index (χ4v) is 4.29. The molecule has 7 nitrogen and oxygen atoms in total. The first-order chi connectivity index (χ1) is 15.4. The highest BCUT2D eigenvalue weighted by molar-refractivity contribution is 6.60. The Morgan fingerprint density at radius 2 is 1.56 bits per heavy atom. The second-order valence-electron chi connectivity index (χ2n) is 7.67. The van der Waals surface area contributed by atoms with Crippen molar-refractivity contribution in [2.45, 2.75) is 6.54 Å². The maximum absolute atomic E-state index is 12.7. The maximum atomic E-state index is 12.7. The number of benzene rings is 5. The Bertz CT molecular complexity index is 1500. The molecule has 0 saturated carbocycles. The molecular formula is C24H17BN2O5. The predicted molar refractivity (Wildman–Crippen MR) is 124 cm³/mol. The molecule has 0 aliphatic heterocycles. The van der Waals surface area contributed by atoms with E-state index in [9.17, 15) is 25.0 Å². The number of hydrogen-bond acceptors (Lipinski definition) is 5. The zero-order valence-electron chi connectivity index (χ0n) is 16.8. The van der Waals surface area contributed by atoms with E-state index in [1.54, 1.807) is 0 Å². The summed E-state index contributed by atoms with van der Waals surface area (Å²) >= 11 is 0. The first kappa shape index (κ1) is 19.9. The zero-order chi connectivity index (χ0) is 22.4. The van der Waals surface area contributed by atoms with Gasteiger partial charge in [-0.2, -0.15) is 0 Å². The highest BCUT2D eigenvalue weighted by atomic mass is 16.6. The van der Waals surface area contributed by atoms with Gasteiger partial charge in [0.25, 0.3) is 11.6 Å². The molecule has 0 radical (unpaired) electrons. The zero-order valence-corrected chi connectivity index (χ0v) is 16.8. The smallest absolute Gasteiger partial charge is 0.423 e. The number of carbonyl (C=O) groups is 1. The summed E-state index contributed by atoms with van der Waals surface area (Å²) in [4.78, 5) is 23.2. The normalized spacial score (nSPS) is 11.3. The number of carbonyl (C=O) groups excluding carboxylic acids is 1. The van der Waals surface area contributed by atoms with E-state index in [2.05, 4.69) is 35.6 Å². The molecule has 0 heterocycles. The van der Waals surface area contributed by atoms with Gasteiger partial charge in [-0.3, -0.25) is 14.9 Å². The second kappa shape index (κ2) is 7.60. The van der Waals surface area contributed by atoms with Crippen molar-refractivity contribution in [1.82, 2.24) is 5.32 Å². The molecule has 0 fully saturated rings. The molecule has 0 aliphatic carbocycles. The fourth-order valence-electron chi connectivity index (χ4n) is 4.29. The van der Waals surface area contributed by atoms with Crippen molar-refractivity contribution in [2.75, 3.05) is 0 Å². The van der Waals surface area contributed by atoms with Crippen LogP contribution in [0.2, 0.25) is 0 Å². The van der Waals surface area contributed by atoms with E-state index in [4.69, 9.17) is 0 Å². The van der Waals surface area contributed by atoms with Gasteiger partial charge >= 0.3 is 7.12 Å². The van der Waals surface area contributed by atoms with Crippen LogP contribution < -0.4 is 10.8 Å². The van der Waals surface area contributed by atoms with E-state index >= 15 is 0 Å². The van der Waals surface area contributed by atoms with Crippen molar-refractivity contribution in [3.63, 3.8) is 0 Å². The highest BCUT2D eigenvalue weighted by Gasteiger charge is 2.25. The number of rotatable bonds is 5. The minimum Gasteiger partial charge on any atom is -0.423 e. The Kier molecular flexibility index (Phi) is 4.73. The lowest BCUT2D eigenvalue weighted by molar-refractivity contribution is -0.383. The van der Waals surface area contributed by atoms with Gasteiger partial charge < -0.3 is 15.4 Å². The quantitative estimate of drug-likeness (QED) is 0.174. The van der Waals surface area contributed by atoms with Gasteiger partial charge in [-0.25, -0.2) is 0 Å². The third-order valence-electron chi connectivity index (χ3n) is 5.83. The summed E-state index contributed by atoms with van der Waals surface area (Å²) < 4.78 is 0. The highest BCUT2D eigenvalue weighted by Crippen LogP contribution is 2.35. The lowest BCUT2D eigenvalue weighted by atomic mass is 9.78. The Morgan fingerprint density at radius 3 is 2.25 bits per heavy atom. The van der Waals surface area contributed by atoms with E-state index in [0.29, 0.717) is 0 Å². The molecule has 3 N–H and O–H groups in total. The summed E-state index contributed by atoms with van der Waals surface area (Å²) in [6.45, 7) is 0.241. The summed E-state index contributed by atoms with van der Waals surface area (Å²) in [6, 6.07) is 22.0. The molecule has 8 heteroatoms. The van der Waals surface area contributed by atoms with Crippen molar-refractivity contribution >= 4 is 56.5 Å². The number of nitrogens with zero attached hydrogens (tertiary/aromatic N) is 1. The molecule has 0 aliphatic rings. The summed E-state index contributed by atoms with van der Waals surface area (Å²) in [5, 5.41) is 39.5. The lowest BCUT2D eigenvalue weighted by Gasteiger charge is -2.14. The fraction of sp³-hybridized carbons (Fsp3) is 0.0417. The monoisotopic (exact) mass is 424 g/mol. The van der Waals surface area contributed by atoms with Crippen LogP contribution in [0.5, 0.6) is 0 Å². The second-order valence-corrected chi connectivity index (χ2v) is 7.67. The molecule has 0 aromatic heterocycles. The van der Waals surface area contributed by atoms with Gasteiger partial charge in [0, 0.05) is 18.2 Å². The lowest BCUT2D eigenvalue weighted by Crippen LogP contribution is -2.33. The van der Waals surface area contributed by atoms with Crippen LogP contribution in [-0.4, -0.2) is 28.0 Å². The predicted octanol–water partition coefficient (Wildman–Crippen LogP) is 3.10. The number of amides is 1. The molecule has 0 unspecified atom stereocenters.